The number of amides is 1. The molecule has 1 amide bonds. The summed E-state index contributed by atoms with van der Waals surface area (Å²) in [6.45, 7) is 0. The summed E-state index contributed by atoms with van der Waals surface area (Å²) in [5, 5.41) is 0.897. The van der Waals surface area contributed by atoms with Gasteiger partial charge in [-0.05, 0) is 36.4 Å². The predicted octanol–water partition coefficient (Wildman–Crippen LogP) is 2.47. The lowest BCUT2D eigenvalue weighted by molar-refractivity contribution is 0.0995. The van der Waals surface area contributed by atoms with Gasteiger partial charge in [-0.3, -0.25) is 9.78 Å². The first-order valence-electron chi connectivity index (χ1n) is 5.68. The topological polar surface area (TPSA) is 71.8 Å². The van der Waals surface area contributed by atoms with Crippen molar-refractivity contribution in [3.8, 4) is 11.3 Å². The summed E-state index contributed by atoms with van der Waals surface area (Å²) < 4.78 is 13.1. The van der Waals surface area contributed by atoms with E-state index in [2.05, 4.69) is 9.97 Å². The quantitative estimate of drug-likeness (QED) is 0.738. The van der Waals surface area contributed by atoms with Crippen LogP contribution >= 0.6 is 0 Å². The Morgan fingerprint density at radius 3 is 2.84 bits per heavy atom. The molecule has 0 saturated carbocycles. The lowest BCUT2D eigenvalue weighted by atomic mass is 10.1. The molecule has 2 aromatic heterocycles. The van der Waals surface area contributed by atoms with Crippen LogP contribution in [0.5, 0.6) is 0 Å². The van der Waals surface area contributed by atoms with Crippen molar-refractivity contribution in [1.82, 2.24) is 9.97 Å². The summed E-state index contributed by atoms with van der Waals surface area (Å²) in [7, 11) is 0. The van der Waals surface area contributed by atoms with E-state index in [0.29, 0.717) is 5.52 Å². The Morgan fingerprint density at radius 2 is 2.05 bits per heavy atom. The Kier molecular flexibility index (Phi) is 2.52. The molecule has 4 nitrogen and oxygen atoms in total. The van der Waals surface area contributed by atoms with Crippen LogP contribution in [0.1, 0.15) is 10.5 Å². The van der Waals surface area contributed by atoms with E-state index in [1.807, 2.05) is 6.07 Å². The van der Waals surface area contributed by atoms with Crippen LogP contribution in [-0.4, -0.2) is 15.9 Å². The summed E-state index contributed by atoms with van der Waals surface area (Å²) in [6.07, 6.45) is 1.52. The third kappa shape index (κ3) is 2.06. The molecule has 0 aliphatic carbocycles. The van der Waals surface area contributed by atoms with Gasteiger partial charge >= 0.3 is 0 Å². The number of hydrogen-bond donors (Lipinski definition) is 2. The summed E-state index contributed by atoms with van der Waals surface area (Å²) in [5.74, 6) is -0.877. The largest absolute Gasteiger partial charge is 0.364 e. The highest BCUT2D eigenvalue weighted by Crippen LogP contribution is 2.24. The fourth-order valence-electron chi connectivity index (χ4n) is 1.99. The van der Waals surface area contributed by atoms with Crippen molar-refractivity contribution >= 4 is 16.8 Å². The van der Waals surface area contributed by atoms with Gasteiger partial charge in [-0.1, -0.05) is 0 Å². The second-order valence-electron chi connectivity index (χ2n) is 4.21. The van der Waals surface area contributed by atoms with Crippen molar-refractivity contribution < 1.29 is 9.18 Å². The molecule has 0 aliphatic rings. The Labute approximate surface area is 108 Å². The molecule has 3 aromatic rings. The number of pyridine rings is 1. The Bertz CT molecular complexity index is 779. The van der Waals surface area contributed by atoms with Crippen LogP contribution in [0.3, 0.4) is 0 Å². The molecule has 0 radical (unpaired) electrons. The van der Waals surface area contributed by atoms with Crippen LogP contribution in [-0.2, 0) is 0 Å². The normalized spacial score (nSPS) is 10.8. The van der Waals surface area contributed by atoms with Gasteiger partial charge in [-0.25, -0.2) is 4.39 Å². The molecule has 5 heteroatoms. The molecule has 2 heterocycles. The van der Waals surface area contributed by atoms with E-state index in [1.165, 1.54) is 18.3 Å². The fraction of sp³-hybridized carbons (Fsp3) is 0. The zero-order valence-electron chi connectivity index (χ0n) is 9.85. The molecule has 0 unspecified atom stereocenters. The molecule has 3 rings (SSSR count). The molecule has 0 spiro atoms. The highest BCUT2D eigenvalue weighted by molar-refractivity contribution is 5.92. The first kappa shape index (κ1) is 11.4. The standard InChI is InChI=1S/C14H10FN3O/c15-10-2-1-8-5-11(18-12(8)7-10)9-3-4-17-13(6-9)14(16)19/h1-7,18H,(H2,16,19). The Morgan fingerprint density at radius 1 is 1.21 bits per heavy atom. The van der Waals surface area contributed by atoms with Gasteiger partial charge in [-0.2, -0.15) is 0 Å². The number of aromatic nitrogens is 2. The second-order valence-corrected chi connectivity index (χ2v) is 4.21. The third-order valence-corrected chi connectivity index (χ3v) is 2.91. The van der Waals surface area contributed by atoms with Crippen molar-refractivity contribution in [1.29, 1.82) is 0 Å². The van der Waals surface area contributed by atoms with Crippen LogP contribution in [0.15, 0.2) is 42.6 Å². The van der Waals surface area contributed by atoms with E-state index in [9.17, 15) is 9.18 Å². The Hall–Kier alpha value is -2.69. The molecular weight excluding hydrogens is 245 g/mol. The number of halogens is 1. The smallest absolute Gasteiger partial charge is 0.267 e. The summed E-state index contributed by atoms with van der Waals surface area (Å²) in [6, 6.07) is 9.77. The number of benzene rings is 1. The third-order valence-electron chi connectivity index (χ3n) is 2.91. The molecule has 0 bridgehead atoms. The Balaban J connectivity index is 2.13. The molecule has 19 heavy (non-hydrogen) atoms. The van der Waals surface area contributed by atoms with E-state index in [-0.39, 0.29) is 11.5 Å². The zero-order valence-corrected chi connectivity index (χ0v) is 9.85. The molecule has 94 valence electrons. The number of nitrogens with one attached hydrogen (secondary N) is 1. The molecular formula is C14H10FN3O. The van der Waals surface area contributed by atoms with Gasteiger partial charge in [0, 0.05) is 28.4 Å². The first-order valence-corrected chi connectivity index (χ1v) is 5.68. The number of primary amides is 1. The maximum Gasteiger partial charge on any atom is 0.267 e. The molecule has 0 saturated heterocycles. The fourth-order valence-corrected chi connectivity index (χ4v) is 1.99. The van der Waals surface area contributed by atoms with Crippen LogP contribution in [0.25, 0.3) is 22.2 Å². The number of aromatic amines is 1. The maximum absolute atomic E-state index is 13.1. The summed E-state index contributed by atoms with van der Waals surface area (Å²) in [5.41, 5.74) is 7.65. The minimum absolute atomic E-state index is 0.197. The average molecular weight is 255 g/mol. The molecule has 0 aliphatic heterocycles. The highest BCUT2D eigenvalue weighted by Gasteiger charge is 2.07. The molecule has 3 N–H and O–H groups in total. The van der Waals surface area contributed by atoms with E-state index in [1.54, 1.807) is 18.2 Å². The number of fused-ring (bicyclic) bond motifs is 1. The van der Waals surface area contributed by atoms with Gasteiger partial charge in [0.15, 0.2) is 0 Å². The van der Waals surface area contributed by atoms with Crippen molar-refractivity contribution in [3.63, 3.8) is 0 Å². The lowest BCUT2D eigenvalue weighted by Gasteiger charge is -1.99. The zero-order chi connectivity index (χ0) is 13.4. The van der Waals surface area contributed by atoms with Gasteiger partial charge in [0.05, 0.1) is 0 Å². The van der Waals surface area contributed by atoms with Gasteiger partial charge in [0.1, 0.15) is 11.5 Å². The summed E-state index contributed by atoms with van der Waals surface area (Å²) in [4.78, 5) is 18.1. The van der Waals surface area contributed by atoms with E-state index in [4.69, 9.17) is 5.73 Å². The lowest BCUT2D eigenvalue weighted by Crippen LogP contribution is -2.12. The van der Waals surface area contributed by atoms with Crippen LogP contribution in [0, 0.1) is 5.82 Å². The number of nitrogens with zero attached hydrogens (tertiary/aromatic N) is 1. The van der Waals surface area contributed by atoms with Crippen LogP contribution < -0.4 is 5.73 Å². The maximum atomic E-state index is 13.1. The van der Waals surface area contributed by atoms with E-state index < -0.39 is 5.91 Å². The van der Waals surface area contributed by atoms with E-state index >= 15 is 0 Å². The average Bonchev–Trinajstić information content (AvgIpc) is 2.81. The van der Waals surface area contributed by atoms with Crippen LogP contribution in [0.2, 0.25) is 0 Å². The summed E-state index contributed by atoms with van der Waals surface area (Å²) >= 11 is 0. The van der Waals surface area contributed by atoms with Gasteiger partial charge in [-0.15, -0.1) is 0 Å². The molecule has 0 fully saturated rings. The highest BCUT2D eigenvalue weighted by atomic mass is 19.1. The minimum Gasteiger partial charge on any atom is -0.364 e. The molecule has 0 atom stereocenters. The monoisotopic (exact) mass is 255 g/mol. The number of nitrogens with two attached hydrogens (primary N) is 1. The number of rotatable bonds is 2. The van der Waals surface area contributed by atoms with Gasteiger partial charge in [0.25, 0.3) is 5.91 Å². The number of hydrogen-bond acceptors (Lipinski definition) is 2. The van der Waals surface area contributed by atoms with Gasteiger partial charge < -0.3 is 10.7 Å². The van der Waals surface area contributed by atoms with Crippen molar-refractivity contribution in [2.45, 2.75) is 0 Å². The number of carbonyl (C=O) groups excluding carboxylic acids is 1. The van der Waals surface area contributed by atoms with E-state index in [0.717, 1.165) is 16.6 Å². The molecule has 1 aromatic carbocycles. The van der Waals surface area contributed by atoms with Crippen molar-refractivity contribution in [3.05, 3.63) is 54.1 Å². The number of carbonyl (C=O) groups is 1. The SMILES string of the molecule is NC(=O)c1cc(-c2cc3ccc(F)cc3[nH]2)ccn1. The first-order chi connectivity index (χ1) is 9.13. The minimum atomic E-state index is -0.580. The van der Waals surface area contributed by atoms with Crippen LogP contribution in [0.4, 0.5) is 4.39 Å². The predicted molar refractivity (Wildman–Crippen MR) is 70.0 cm³/mol. The van der Waals surface area contributed by atoms with Gasteiger partial charge in [0.2, 0.25) is 0 Å². The number of H-pyrrole nitrogens is 1. The van der Waals surface area contributed by atoms with Crippen molar-refractivity contribution in [2.75, 3.05) is 0 Å². The second kappa shape index (κ2) is 4.20. The van der Waals surface area contributed by atoms with Crippen molar-refractivity contribution in [2.24, 2.45) is 5.73 Å².